The molecule has 5 rings (SSSR count). The lowest BCUT2D eigenvalue weighted by atomic mass is 10.0. The molecule has 180 valence electrons. The lowest BCUT2D eigenvalue weighted by molar-refractivity contribution is -0.136. The van der Waals surface area contributed by atoms with Gasteiger partial charge in [0.2, 0.25) is 5.91 Å². The highest BCUT2D eigenvalue weighted by molar-refractivity contribution is 5.98. The van der Waals surface area contributed by atoms with Gasteiger partial charge >= 0.3 is 0 Å². The topological polar surface area (TPSA) is 61.4 Å². The minimum Gasteiger partial charge on any atom is -0.341 e. The van der Waals surface area contributed by atoms with Crippen LogP contribution < -0.4 is 10.6 Å². The van der Waals surface area contributed by atoms with Gasteiger partial charge in [-0.3, -0.25) is 9.59 Å². The van der Waals surface area contributed by atoms with E-state index in [1.165, 1.54) is 12.1 Å². The van der Waals surface area contributed by atoms with Crippen molar-refractivity contribution >= 4 is 11.8 Å². The fourth-order valence-electron chi connectivity index (χ4n) is 4.61. The van der Waals surface area contributed by atoms with Gasteiger partial charge in [0.1, 0.15) is 11.9 Å². The average Bonchev–Trinajstić information content (AvgIpc) is 3.63. The van der Waals surface area contributed by atoms with Gasteiger partial charge in [-0.1, -0.05) is 54.6 Å². The van der Waals surface area contributed by atoms with Gasteiger partial charge in [0.05, 0.1) is 0 Å². The van der Waals surface area contributed by atoms with Gasteiger partial charge in [-0.25, -0.2) is 4.39 Å². The summed E-state index contributed by atoms with van der Waals surface area (Å²) in [4.78, 5) is 27.8. The van der Waals surface area contributed by atoms with E-state index < -0.39 is 6.04 Å². The van der Waals surface area contributed by atoms with Crippen molar-refractivity contribution in [3.8, 4) is 11.1 Å². The number of amides is 2. The van der Waals surface area contributed by atoms with Crippen LogP contribution in [-0.4, -0.2) is 48.4 Å². The minimum absolute atomic E-state index is 0.0156. The average molecular weight is 472 g/mol. The zero-order valence-corrected chi connectivity index (χ0v) is 19.6. The summed E-state index contributed by atoms with van der Waals surface area (Å²) >= 11 is 0. The van der Waals surface area contributed by atoms with Crippen molar-refractivity contribution in [2.45, 2.75) is 37.3 Å². The zero-order valence-electron chi connectivity index (χ0n) is 19.6. The van der Waals surface area contributed by atoms with E-state index in [2.05, 4.69) is 10.6 Å². The lowest BCUT2D eigenvalue weighted by Gasteiger charge is -2.34. The summed E-state index contributed by atoms with van der Waals surface area (Å²) in [7, 11) is 0. The predicted molar refractivity (Wildman–Crippen MR) is 134 cm³/mol. The molecule has 2 fully saturated rings. The van der Waals surface area contributed by atoms with E-state index in [-0.39, 0.29) is 17.6 Å². The Balaban J connectivity index is 1.17. The van der Waals surface area contributed by atoms with Crippen LogP contribution in [0.2, 0.25) is 0 Å². The number of hydrogen-bond acceptors (Lipinski definition) is 3. The number of likely N-dealkylation sites (tertiary alicyclic amines) is 1. The summed E-state index contributed by atoms with van der Waals surface area (Å²) in [5, 5.41) is 6.48. The fraction of sp³-hybridized carbons (Fsp3) is 0.310. The predicted octanol–water partition coefficient (Wildman–Crippen LogP) is 4.36. The number of carbonyl (C=O) groups is 2. The Bertz CT molecular complexity index is 1160. The highest BCUT2D eigenvalue weighted by Crippen LogP contribution is 2.40. The van der Waals surface area contributed by atoms with Crippen LogP contribution in [0.3, 0.4) is 0 Å². The molecule has 6 heteroatoms. The number of nitrogens with one attached hydrogen (secondary N) is 2. The number of rotatable bonds is 9. The van der Waals surface area contributed by atoms with Crippen molar-refractivity contribution in [2.24, 2.45) is 0 Å². The summed E-state index contributed by atoms with van der Waals surface area (Å²) in [6.07, 6.45) is 2.53. The second-order valence-electron chi connectivity index (χ2n) is 9.39. The number of benzene rings is 3. The van der Waals surface area contributed by atoms with Crippen LogP contribution in [0.25, 0.3) is 11.1 Å². The number of halogens is 1. The monoisotopic (exact) mass is 471 g/mol. The van der Waals surface area contributed by atoms with Crippen LogP contribution in [0, 0.1) is 5.82 Å². The molecule has 1 saturated heterocycles. The normalized spacial score (nSPS) is 19.5. The molecule has 3 atom stereocenters. The second-order valence-corrected chi connectivity index (χ2v) is 9.39. The molecule has 2 aliphatic rings. The molecule has 1 aliphatic heterocycles. The summed E-state index contributed by atoms with van der Waals surface area (Å²) in [6.45, 7) is 2.12. The lowest BCUT2D eigenvalue weighted by Crippen LogP contribution is -2.53. The minimum atomic E-state index is -0.563. The van der Waals surface area contributed by atoms with E-state index >= 15 is 0 Å². The molecule has 0 spiro atoms. The maximum absolute atomic E-state index is 13.2. The van der Waals surface area contributed by atoms with Gasteiger partial charge in [-0.15, -0.1) is 0 Å². The van der Waals surface area contributed by atoms with Gasteiger partial charge in [0.15, 0.2) is 0 Å². The van der Waals surface area contributed by atoms with E-state index in [1.54, 1.807) is 12.1 Å². The standard InChI is InChI=1S/C29H30FN3O2/c30-24-13-11-22(12-14-24)25-19-27(25)31-16-15-26(29(35)33-17-4-18-33)32-28(34)23-9-7-21(8-10-23)20-5-2-1-3-6-20/h1-3,5-14,25-27,31H,4,15-19H2,(H,32,34)/t25-,26?,27+/m0/s1. The Labute approximate surface area is 205 Å². The van der Waals surface area contributed by atoms with Crippen LogP contribution in [0.15, 0.2) is 78.9 Å². The number of nitrogens with zero attached hydrogens (tertiary/aromatic N) is 1. The maximum Gasteiger partial charge on any atom is 0.251 e. The van der Waals surface area contributed by atoms with Gasteiger partial charge < -0.3 is 15.5 Å². The van der Waals surface area contributed by atoms with Gasteiger partial charge in [-0.05, 0) is 66.8 Å². The van der Waals surface area contributed by atoms with Crippen molar-refractivity contribution in [1.82, 2.24) is 15.5 Å². The van der Waals surface area contributed by atoms with E-state index in [4.69, 9.17) is 0 Å². The highest BCUT2D eigenvalue weighted by atomic mass is 19.1. The molecule has 5 nitrogen and oxygen atoms in total. The van der Waals surface area contributed by atoms with Crippen LogP contribution in [0.1, 0.15) is 41.1 Å². The van der Waals surface area contributed by atoms with Crippen LogP contribution in [0.4, 0.5) is 4.39 Å². The fourth-order valence-corrected chi connectivity index (χ4v) is 4.61. The molecule has 35 heavy (non-hydrogen) atoms. The molecular formula is C29H30FN3O2. The van der Waals surface area contributed by atoms with Crippen molar-refractivity contribution in [1.29, 1.82) is 0 Å². The quantitative estimate of drug-likeness (QED) is 0.488. The molecule has 0 aromatic heterocycles. The third-order valence-corrected chi connectivity index (χ3v) is 6.95. The van der Waals surface area contributed by atoms with E-state index in [0.717, 1.165) is 42.6 Å². The molecule has 1 saturated carbocycles. The summed E-state index contributed by atoms with van der Waals surface area (Å²) in [6, 6.07) is 23.9. The van der Waals surface area contributed by atoms with E-state index in [9.17, 15) is 14.0 Å². The van der Waals surface area contributed by atoms with Crippen LogP contribution >= 0.6 is 0 Å². The molecule has 0 bridgehead atoms. The van der Waals surface area contributed by atoms with Crippen molar-refractivity contribution in [2.75, 3.05) is 19.6 Å². The first-order chi connectivity index (χ1) is 17.1. The Morgan fingerprint density at radius 3 is 2.26 bits per heavy atom. The van der Waals surface area contributed by atoms with E-state index in [1.807, 2.05) is 59.5 Å². The van der Waals surface area contributed by atoms with E-state index in [0.29, 0.717) is 30.5 Å². The first kappa shape index (κ1) is 23.2. The number of hydrogen-bond donors (Lipinski definition) is 2. The summed E-state index contributed by atoms with van der Waals surface area (Å²) in [5.41, 5.74) is 3.80. The van der Waals surface area contributed by atoms with Gasteiger partial charge in [0, 0.05) is 30.6 Å². The molecule has 1 heterocycles. The largest absolute Gasteiger partial charge is 0.341 e. The third kappa shape index (κ3) is 5.60. The third-order valence-electron chi connectivity index (χ3n) is 6.95. The molecule has 2 N–H and O–H groups in total. The first-order valence-corrected chi connectivity index (χ1v) is 12.3. The van der Waals surface area contributed by atoms with Crippen LogP contribution in [-0.2, 0) is 4.79 Å². The molecule has 3 aromatic carbocycles. The smallest absolute Gasteiger partial charge is 0.251 e. The molecule has 1 aliphatic carbocycles. The summed E-state index contributed by atoms with van der Waals surface area (Å²) in [5.74, 6) is -0.105. The Morgan fingerprint density at radius 2 is 1.60 bits per heavy atom. The number of carbonyl (C=O) groups excluding carboxylic acids is 2. The SMILES string of the molecule is O=C(NC(CCN[C@@H]1C[C@H]1c1ccc(F)cc1)C(=O)N1CCC1)c1ccc(-c2ccccc2)cc1. The molecule has 0 radical (unpaired) electrons. The Morgan fingerprint density at radius 1 is 0.914 bits per heavy atom. The Hall–Kier alpha value is -3.51. The summed E-state index contributed by atoms with van der Waals surface area (Å²) < 4.78 is 13.2. The molecular weight excluding hydrogens is 441 g/mol. The molecule has 1 unspecified atom stereocenters. The maximum atomic E-state index is 13.2. The van der Waals surface area contributed by atoms with Crippen LogP contribution in [0.5, 0.6) is 0 Å². The van der Waals surface area contributed by atoms with Crippen molar-refractivity contribution < 1.29 is 14.0 Å². The Kier molecular flexibility index (Phi) is 6.91. The first-order valence-electron chi connectivity index (χ1n) is 12.3. The van der Waals surface area contributed by atoms with Gasteiger partial charge in [-0.2, -0.15) is 0 Å². The van der Waals surface area contributed by atoms with Crippen molar-refractivity contribution in [3.05, 3.63) is 95.8 Å². The van der Waals surface area contributed by atoms with Crippen molar-refractivity contribution in [3.63, 3.8) is 0 Å². The molecule has 3 aromatic rings. The zero-order chi connectivity index (χ0) is 24.2. The molecule has 2 amide bonds. The highest BCUT2D eigenvalue weighted by Gasteiger charge is 2.38. The second kappa shape index (κ2) is 10.4. The van der Waals surface area contributed by atoms with Gasteiger partial charge in [0.25, 0.3) is 5.91 Å².